The van der Waals surface area contributed by atoms with E-state index in [9.17, 15) is 0 Å². The first-order valence-corrected chi connectivity index (χ1v) is 7.21. The topological polar surface area (TPSA) is 82.8 Å². The van der Waals surface area contributed by atoms with Crippen molar-refractivity contribution in [3.63, 3.8) is 0 Å². The van der Waals surface area contributed by atoms with Crippen molar-refractivity contribution < 1.29 is 4.52 Å². The van der Waals surface area contributed by atoms with Crippen LogP contribution in [0, 0.1) is 13.8 Å². The van der Waals surface area contributed by atoms with E-state index in [1.165, 1.54) is 0 Å². The first-order chi connectivity index (χ1) is 10.0. The molecule has 0 bridgehead atoms. The zero-order valence-electron chi connectivity index (χ0n) is 11.7. The Balaban J connectivity index is 1.88. The van der Waals surface area contributed by atoms with Gasteiger partial charge in [0, 0.05) is 17.4 Å². The van der Waals surface area contributed by atoms with Gasteiger partial charge < -0.3 is 10.3 Å². The minimum absolute atomic E-state index is 0.431. The molecule has 7 heteroatoms. The molecule has 0 fully saturated rings. The molecule has 108 valence electrons. The van der Waals surface area contributed by atoms with E-state index in [4.69, 9.17) is 10.3 Å². The second kappa shape index (κ2) is 5.33. The summed E-state index contributed by atoms with van der Waals surface area (Å²) in [4.78, 5) is 4.41. The minimum atomic E-state index is 0.431. The quantitative estimate of drug-likeness (QED) is 0.736. The van der Waals surface area contributed by atoms with Crippen molar-refractivity contribution in [2.24, 2.45) is 0 Å². The smallest absolute Gasteiger partial charge is 0.248 e. The van der Waals surface area contributed by atoms with Gasteiger partial charge in [0.15, 0.2) is 0 Å². The van der Waals surface area contributed by atoms with Crippen molar-refractivity contribution >= 4 is 21.6 Å². The Hall–Kier alpha value is -2.15. The summed E-state index contributed by atoms with van der Waals surface area (Å²) in [7, 11) is 0. The maximum atomic E-state index is 5.90. The Labute approximate surface area is 130 Å². The summed E-state index contributed by atoms with van der Waals surface area (Å²) < 4.78 is 7.99. The van der Waals surface area contributed by atoms with Gasteiger partial charge in [0.1, 0.15) is 6.54 Å². The van der Waals surface area contributed by atoms with Crippen LogP contribution < -0.4 is 5.73 Å². The van der Waals surface area contributed by atoms with E-state index < -0.39 is 0 Å². The average molecular weight is 348 g/mol. The third kappa shape index (κ3) is 2.69. The SMILES string of the molecule is Cc1nn(Cc2nc(-c3cccc(N)c3C)no2)cc1Br. The molecule has 3 aromatic rings. The standard InChI is InChI=1S/C14H14BrN5O/c1-8-10(4-3-5-12(8)16)14-17-13(21-19-14)7-20-6-11(15)9(2)18-20/h3-6H,7,16H2,1-2H3. The summed E-state index contributed by atoms with van der Waals surface area (Å²) in [5.74, 6) is 1.04. The molecule has 0 atom stereocenters. The first-order valence-electron chi connectivity index (χ1n) is 6.42. The number of aryl methyl sites for hydroxylation is 1. The van der Waals surface area contributed by atoms with Gasteiger partial charge in [0.2, 0.25) is 11.7 Å². The molecule has 0 saturated heterocycles. The third-order valence-electron chi connectivity index (χ3n) is 3.27. The molecule has 0 radical (unpaired) electrons. The molecule has 0 aliphatic carbocycles. The van der Waals surface area contributed by atoms with Crippen LogP contribution in [-0.4, -0.2) is 19.9 Å². The second-order valence-electron chi connectivity index (χ2n) is 4.79. The van der Waals surface area contributed by atoms with Crippen molar-refractivity contribution in [3.05, 3.63) is 46.0 Å². The number of nitrogens with two attached hydrogens (primary N) is 1. The highest BCUT2D eigenvalue weighted by Crippen LogP contribution is 2.24. The zero-order chi connectivity index (χ0) is 15.0. The fraction of sp³-hybridized carbons (Fsp3) is 0.214. The number of rotatable bonds is 3. The normalized spacial score (nSPS) is 11.0. The Morgan fingerprint density at radius 3 is 2.86 bits per heavy atom. The molecular weight excluding hydrogens is 334 g/mol. The monoisotopic (exact) mass is 347 g/mol. The highest BCUT2D eigenvalue weighted by atomic mass is 79.9. The number of halogens is 1. The molecule has 6 nitrogen and oxygen atoms in total. The average Bonchev–Trinajstić information content (AvgIpc) is 3.01. The van der Waals surface area contributed by atoms with Gasteiger partial charge in [-0.1, -0.05) is 17.3 Å². The molecule has 0 aliphatic heterocycles. The van der Waals surface area contributed by atoms with Crippen LogP contribution in [0.25, 0.3) is 11.4 Å². The van der Waals surface area contributed by atoms with Crippen molar-refractivity contribution in [3.8, 4) is 11.4 Å². The predicted molar refractivity (Wildman–Crippen MR) is 82.6 cm³/mol. The Morgan fingerprint density at radius 1 is 1.33 bits per heavy atom. The van der Waals surface area contributed by atoms with E-state index >= 15 is 0 Å². The van der Waals surface area contributed by atoms with Crippen molar-refractivity contribution in [1.29, 1.82) is 0 Å². The third-order valence-corrected chi connectivity index (χ3v) is 4.05. The van der Waals surface area contributed by atoms with Gasteiger partial charge in [0.05, 0.1) is 10.2 Å². The number of nitrogens with zero attached hydrogens (tertiary/aromatic N) is 4. The number of nitrogen functional groups attached to an aromatic ring is 1. The highest BCUT2D eigenvalue weighted by Gasteiger charge is 2.13. The summed E-state index contributed by atoms with van der Waals surface area (Å²) in [5, 5.41) is 8.36. The lowest BCUT2D eigenvalue weighted by Crippen LogP contribution is -2.00. The van der Waals surface area contributed by atoms with Crippen LogP contribution in [0.1, 0.15) is 17.1 Å². The molecule has 3 rings (SSSR count). The zero-order valence-corrected chi connectivity index (χ0v) is 13.3. The Morgan fingerprint density at radius 2 is 2.14 bits per heavy atom. The molecule has 0 aliphatic rings. The molecule has 2 aromatic heterocycles. The van der Waals surface area contributed by atoms with Gasteiger partial charge in [-0.15, -0.1) is 0 Å². The summed E-state index contributed by atoms with van der Waals surface area (Å²) >= 11 is 3.42. The van der Waals surface area contributed by atoms with Crippen LogP contribution in [-0.2, 0) is 6.54 Å². The molecule has 0 saturated carbocycles. The van der Waals surface area contributed by atoms with Gasteiger partial charge >= 0.3 is 0 Å². The Bertz CT molecular complexity index is 773. The number of hydrogen-bond acceptors (Lipinski definition) is 5. The summed E-state index contributed by atoms with van der Waals surface area (Å²) in [5.41, 5.74) is 9.36. The van der Waals surface area contributed by atoms with Crippen LogP contribution in [0.5, 0.6) is 0 Å². The van der Waals surface area contributed by atoms with Crippen LogP contribution in [0.15, 0.2) is 33.4 Å². The number of hydrogen-bond donors (Lipinski definition) is 1. The van der Waals surface area contributed by atoms with Crippen LogP contribution in [0.2, 0.25) is 0 Å². The van der Waals surface area contributed by atoms with E-state index in [0.717, 1.165) is 21.3 Å². The van der Waals surface area contributed by atoms with E-state index in [0.29, 0.717) is 23.9 Å². The Kier molecular flexibility index (Phi) is 3.50. The largest absolute Gasteiger partial charge is 0.398 e. The lowest BCUT2D eigenvalue weighted by atomic mass is 10.1. The second-order valence-corrected chi connectivity index (χ2v) is 5.65. The van der Waals surface area contributed by atoms with Gasteiger partial charge in [0.25, 0.3) is 0 Å². The van der Waals surface area contributed by atoms with Gasteiger partial charge in [-0.25, -0.2) is 0 Å². The number of aromatic nitrogens is 4. The van der Waals surface area contributed by atoms with Gasteiger partial charge in [-0.3, -0.25) is 4.68 Å². The fourth-order valence-corrected chi connectivity index (χ4v) is 2.35. The molecule has 2 heterocycles. The van der Waals surface area contributed by atoms with E-state index in [1.54, 1.807) is 4.68 Å². The molecular formula is C14H14BrN5O. The van der Waals surface area contributed by atoms with Gasteiger partial charge in [-0.2, -0.15) is 10.1 Å². The molecule has 1 aromatic carbocycles. The van der Waals surface area contributed by atoms with Crippen molar-refractivity contribution in [2.45, 2.75) is 20.4 Å². The van der Waals surface area contributed by atoms with E-state index in [1.807, 2.05) is 38.2 Å². The lowest BCUT2D eigenvalue weighted by molar-refractivity contribution is 0.366. The fourth-order valence-electron chi connectivity index (χ4n) is 2.04. The molecule has 0 amide bonds. The van der Waals surface area contributed by atoms with Crippen molar-refractivity contribution in [1.82, 2.24) is 19.9 Å². The molecule has 2 N–H and O–H groups in total. The highest BCUT2D eigenvalue weighted by molar-refractivity contribution is 9.10. The number of anilines is 1. The van der Waals surface area contributed by atoms with Crippen LogP contribution >= 0.6 is 15.9 Å². The molecule has 21 heavy (non-hydrogen) atoms. The van der Waals surface area contributed by atoms with Crippen LogP contribution in [0.4, 0.5) is 5.69 Å². The summed E-state index contributed by atoms with van der Waals surface area (Å²) in [6, 6.07) is 5.65. The lowest BCUT2D eigenvalue weighted by Gasteiger charge is -2.03. The van der Waals surface area contributed by atoms with Gasteiger partial charge in [-0.05, 0) is 41.4 Å². The van der Waals surface area contributed by atoms with Crippen LogP contribution in [0.3, 0.4) is 0 Å². The summed E-state index contributed by atoms with van der Waals surface area (Å²) in [6.45, 7) is 4.30. The summed E-state index contributed by atoms with van der Waals surface area (Å²) in [6.07, 6.45) is 1.88. The number of benzene rings is 1. The van der Waals surface area contributed by atoms with E-state index in [2.05, 4.69) is 31.2 Å². The maximum Gasteiger partial charge on any atom is 0.248 e. The molecule has 0 unspecified atom stereocenters. The minimum Gasteiger partial charge on any atom is -0.398 e. The van der Waals surface area contributed by atoms with E-state index in [-0.39, 0.29) is 0 Å². The van der Waals surface area contributed by atoms with Crippen molar-refractivity contribution in [2.75, 3.05) is 5.73 Å². The molecule has 0 spiro atoms. The predicted octanol–water partition coefficient (Wildman–Crippen LogP) is 2.94. The first kappa shape index (κ1) is 13.8. The maximum absolute atomic E-state index is 5.90.